The zero-order valence-corrected chi connectivity index (χ0v) is 24.5. The van der Waals surface area contributed by atoms with Crippen molar-refractivity contribution in [2.24, 2.45) is 0 Å². The molecule has 0 saturated heterocycles. The summed E-state index contributed by atoms with van der Waals surface area (Å²) in [5.41, 5.74) is 4.43. The summed E-state index contributed by atoms with van der Waals surface area (Å²) >= 11 is 0. The van der Waals surface area contributed by atoms with Gasteiger partial charge in [-0.15, -0.1) is 0 Å². The van der Waals surface area contributed by atoms with E-state index in [0.29, 0.717) is 26.2 Å². The van der Waals surface area contributed by atoms with Gasteiger partial charge in [0.05, 0.1) is 38.6 Å². The van der Waals surface area contributed by atoms with Gasteiger partial charge in [-0.3, -0.25) is 0 Å². The number of ether oxygens (including phenoxy) is 4. The molecule has 1 N–H and O–H groups in total. The zero-order chi connectivity index (χ0) is 30.7. The highest BCUT2D eigenvalue weighted by molar-refractivity contribution is 5.87. The minimum absolute atomic E-state index is 0.0417. The Bertz CT molecular complexity index is 1320. The van der Waals surface area contributed by atoms with Crippen molar-refractivity contribution in [3.63, 3.8) is 0 Å². The average molecular weight is 585 g/mol. The number of hydrogen-bond acceptors (Lipinski definition) is 7. The van der Waals surface area contributed by atoms with Crippen molar-refractivity contribution in [3.05, 3.63) is 109 Å². The van der Waals surface area contributed by atoms with E-state index in [1.54, 1.807) is 0 Å². The molecule has 0 fully saturated rings. The van der Waals surface area contributed by atoms with Crippen molar-refractivity contribution in [1.29, 1.82) is 0 Å². The Morgan fingerprint density at radius 2 is 1.09 bits per heavy atom. The second-order valence-electron chi connectivity index (χ2n) is 9.78. The number of unbranched alkanes of at least 4 members (excludes halogenated alkanes) is 3. The molecule has 0 spiro atoms. The minimum Gasteiger partial charge on any atom is -0.494 e. The summed E-state index contributed by atoms with van der Waals surface area (Å²) in [4.78, 5) is 22.4. The van der Waals surface area contributed by atoms with Gasteiger partial charge in [0.1, 0.15) is 11.5 Å². The SMILES string of the molecule is C=CC(=O)OCCCCCCOc1ccc(/C=C/c2ccc(-c3ccc(OCCCOC(=O)C(=C)CO)cc3)cc2)cc1. The van der Waals surface area contributed by atoms with Crippen molar-refractivity contribution in [1.82, 2.24) is 0 Å². The lowest BCUT2D eigenvalue weighted by atomic mass is 10.0. The van der Waals surface area contributed by atoms with Gasteiger partial charge < -0.3 is 24.1 Å². The first-order valence-electron chi connectivity index (χ1n) is 14.5. The first kappa shape index (κ1) is 32.9. The molecule has 3 rings (SSSR count). The topological polar surface area (TPSA) is 91.3 Å². The number of aliphatic hydroxyl groups is 1. The van der Waals surface area contributed by atoms with Gasteiger partial charge in [0.15, 0.2) is 0 Å². The molecule has 43 heavy (non-hydrogen) atoms. The molecule has 0 unspecified atom stereocenters. The summed E-state index contributed by atoms with van der Waals surface area (Å²) in [5.74, 6) is 0.636. The van der Waals surface area contributed by atoms with Crippen LogP contribution in [-0.2, 0) is 19.1 Å². The van der Waals surface area contributed by atoms with Gasteiger partial charge in [-0.05, 0) is 72.2 Å². The molecule has 226 valence electrons. The first-order chi connectivity index (χ1) is 21.0. The zero-order valence-electron chi connectivity index (χ0n) is 24.5. The fourth-order valence-electron chi connectivity index (χ4n) is 3.96. The van der Waals surface area contributed by atoms with Crippen LogP contribution in [0.3, 0.4) is 0 Å². The third-order valence-electron chi connectivity index (χ3n) is 6.44. The van der Waals surface area contributed by atoms with Crippen LogP contribution in [0.2, 0.25) is 0 Å². The van der Waals surface area contributed by atoms with Gasteiger partial charge in [0.25, 0.3) is 0 Å². The summed E-state index contributed by atoms with van der Waals surface area (Å²) in [5, 5.41) is 8.87. The van der Waals surface area contributed by atoms with Crippen LogP contribution < -0.4 is 9.47 Å². The van der Waals surface area contributed by atoms with Crippen LogP contribution in [0.15, 0.2) is 97.6 Å². The Kier molecular flexibility index (Phi) is 14.3. The molecule has 7 heteroatoms. The van der Waals surface area contributed by atoms with Gasteiger partial charge >= 0.3 is 11.9 Å². The highest BCUT2D eigenvalue weighted by Gasteiger charge is 2.06. The average Bonchev–Trinajstić information content (AvgIpc) is 3.05. The van der Waals surface area contributed by atoms with E-state index in [1.807, 2.05) is 48.5 Å². The Morgan fingerprint density at radius 3 is 1.65 bits per heavy atom. The fraction of sp³-hybridized carbons (Fsp3) is 0.278. The lowest BCUT2D eigenvalue weighted by molar-refractivity contribution is -0.140. The maximum atomic E-state index is 11.5. The normalized spacial score (nSPS) is 10.7. The first-order valence-corrected chi connectivity index (χ1v) is 14.5. The van der Waals surface area contributed by atoms with Crippen LogP contribution in [0.5, 0.6) is 11.5 Å². The van der Waals surface area contributed by atoms with E-state index < -0.39 is 12.6 Å². The molecule has 7 nitrogen and oxygen atoms in total. The van der Waals surface area contributed by atoms with Crippen LogP contribution >= 0.6 is 0 Å². The van der Waals surface area contributed by atoms with Crippen molar-refractivity contribution in [2.75, 3.05) is 33.0 Å². The summed E-state index contributed by atoms with van der Waals surface area (Å²) in [6, 6.07) is 24.3. The molecule has 0 aliphatic heterocycles. The summed E-state index contributed by atoms with van der Waals surface area (Å²) < 4.78 is 21.5. The minimum atomic E-state index is -0.587. The number of rotatable bonds is 19. The second-order valence-corrected chi connectivity index (χ2v) is 9.78. The maximum Gasteiger partial charge on any atom is 0.335 e. The Labute approximate surface area is 254 Å². The molecule has 0 atom stereocenters. The Hall–Kier alpha value is -4.62. The summed E-state index contributed by atoms with van der Waals surface area (Å²) in [6.45, 7) is 8.11. The van der Waals surface area contributed by atoms with Crippen molar-refractivity contribution in [3.8, 4) is 22.6 Å². The van der Waals surface area contributed by atoms with Crippen molar-refractivity contribution < 1.29 is 33.6 Å². The Morgan fingerprint density at radius 1 is 0.628 bits per heavy atom. The molecule has 0 radical (unpaired) electrons. The molecule has 3 aromatic carbocycles. The Balaban J connectivity index is 1.35. The van der Waals surface area contributed by atoms with Gasteiger partial charge in [-0.25, -0.2) is 9.59 Å². The van der Waals surface area contributed by atoms with Crippen LogP contribution in [-0.4, -0.2) is 50.1 Å². The number of aliphatic hydroxyl groups excluding tert-OH is 1. The van der Waals surface area contributed by atoms with E-state index in [0.717, 1.165) is 59.4 Å². The van der Waals surface area contributed by atoms with Crippen LogP contribution in [0.25, 0.3) is 23.3 Å². The predicted octanol–water partition coefficient (Wildman–Crippen LogP) is 7.05. The number of carbonyl (C=O) groups excluding carboxylic acids is 2. The molecule has 0 amide bonds. The highest BCUT2D eigenvalue weighted by Crippen LogP contribution is 2.24. The van der Waals surface area contributed by atoms with Crippen LogP contribution in [0.1, 0.15) is 43.2 Å². The lowest BCUT2D eigenvalue weighted by Gasteiger charge is -2.09. The third kappa shape index (κ3) is 12.4. The molecule has 0 aliphatic rings. The van der Waals surface area contributed by atoms with E-state index in [2.05, 4.69) is 49.6 Å². The standard InChI is InChI=1S/C36H40O7/c1-3-35(38)42-24-7-5-4-6-23-40-33-19-13-30(14-20-33)10-9-29-11-15-31(16-12-29)32-17-21-34(22-18-32)41-25-8-26-43-36(39)28(2)27-37/h3,9-22,37H,1-2,4-8,23-27H2/b10-9+. The largest absolute Gasteiger partial charge is 0.494 e. The maximum absolute atomic E-state index is 11.5. The molecule has 3 aromatic rings. The van der Waals surface area contributed by atoms with E-state index in [-0.39, 0.29) is 18.1 Å². The number of benzene rings is 3. The smallest absolute Gasteiger partial charge is 0.335 e. The van der Waals surface area contributed by atoms with E-state index in [4.69, 9.17) is 24.1 Å². The van der Waals surface area contributed by atoms with Gasteiger partial charge in [-0.1, -0.05) is 73.8 Å². The van der Waals surface area contributed by atoms with E-state index in [1.165, 1.54) is 6.08 Å². The summed E-state index contributed by atoms with van der Waals surface area (Å²) in [7, 11) is 0. The van der Waals surface area contributed by atoms with E-state index in [9.17, 15) is 9.59 Å². The molecule has 0 saturated carbocycles. The molecule has 0 aliphatic carbocycles. The van der Waals surface area contributed by atoms with Crippen LogP contribution in [0.4, 0.5) is 0 Å². The number of esters is 2. The van der Waals surface area contributed by atoms with Crippen molar-refractivity contribution >= 4 is 24.1 Å². The third-order valence-corrected chi connectivity index (χ3v) is 6.44. The second kappa shape index (κ2) is 18.7. The quantitative estimate of drug-likeness (QED) is 0.0699. The van der Waals surface area contributed by atoms with Gasteiger partial charge in [0, 0.05) is 12.5 Å². The molecule has 0 heterocycles. The van der Waals surface area contributed by atoms with Gasteiger partial charge in [-0.2, -0.15) is 0 Å². The number of carbonyl (C=O) groups is 2. The van der Waals surface area contributed by atoms with E-state index >= 15 is 0 Å². The van der Waals surface area contributed by atoms with Crippen LogP contribution in [0, 0.1) is 0 Å². The number of hydrogen-bond donors (Lipinski definition) is 1. The lowest BCUT2D eigenvalue weighted by Crippen LogP contribution is -2.12. The fourth-order valence-corrected chi connectivity index (χ4v) is 3.96. The summed E-state index contributed by atoms with van der Waals surface area (Å²) in [6.07, 6.45) is 9.71. The molecular formula is C36H40O7. The van der Waals surface area contributed by atoms with Gasteiger partial charge in [0.2, 0.25) is 0 Å². The molecule has 0 bridgehead atoms. The monoisotopic (exact) mass is 584 g/mol. The highest BCUT2D eigenvalue weighted by atomic mass is 16.5. The predicted molar refractivity (Wildman–Crippen MR) is 170 cm³/mol. The molecular weight excluding hydrogens is 544 g/mol. The molecule has 0 aromatic heterocycles. The van der Waals surface area contributed by atoms with Crippen molar-refractivity contribution in [2.45, 2.75) is 32.1 Å².